The zero-order valence-corrected chi connectivity index (χ0v) is 15.9. The maximum Gasteiger partial charge on any atom is 0.164 e. The molecule has 0 saturated heterocycles. The molecule has 0 aliphatic heterocycles. The highest BCUT2D eigenvalue weighted by Gasteiger charge is 2.10. The van der Waals surface area contributed by atoms with E-state index in [1.807, 2.05) is 24.3 Å². The van der Waals surface area contributed by atoms with E-state index in [2.05, 4.69) is 26.0 Å². The van der Waals surface area contributed by atoms with Crippen molar-refractivity contribution in [2.45, 2.75) is 13.8 Å². The van der Waals surface area contributed by atoms with E-state index in [9.17, 15) is 0 Å². The van der Waals surface area contributed by atoms with Crippen molar-refractivity contribution in [3.05, 3.63) is 46.0 Å². The predicted octanol–water partition coefficient (Wildman–Crippen LogP) is 5.11. The molecule has 2 aromatic carbocycles. The molecule has 5 heteroatoms. The molecule has 3 aromatic rings. The van der Waals surface area contributed by atoms with Crippen LogP contribution in [0.2, 0.25) is 0 Å². The van der Waals surface area contributed by atoms with Gasteiger partial charge in [0.25, 0.3) is 0 Å². The Morgan fingerprint density at radius 1 is 0.800 bits per heavy atom. The van der Waals surface area contributed by atoms with Gasteiger partial charge in [0.15, 0.2) is 11.5 Å². The predicted molar refractivity (Wildman–Crippen MR) is 104 cm³/mol. The highest BCUT2D eigenvalue weighted by atomic mass is 32.1. The van der Waals surface area contributed by atoms with Crippen LogP contribution in [0, 0.1) is 13.8 Å². The Morgan fingerprint density at radius 2 is 1.44 bits per heavy atom. The van der Waals surface area contributed by atoms with Gasteiger partial charge in [0.1, 0.15) is 10.8 Å². The third-order valence-corrected chi connectivity index (χ3v) is 5.15. The molecule has 3 rings (SSSR count). The number of aryl methyl sites for hydroxylation is 2. The Kier molecular flexibility index (Phi) is 4.95. The molecule has 0 saturated carbocycles. The summed E-state index contributed by atoms with van der Waals surface area (Å²) in [5, 5.41) is 0.955. The number of nitrogens with zero attached hydrogens (tertiary/aromatic N) is 1. The third kappa shape index (κ3) is 3.46. The number of methoxy groups -OCH3 is 3. The topological polar surface area (TPSA) is 40.6 Å². The summed E-state index contributed by atoms with van der Waals surface area (Å²) in [5.74, 6) is 2.03. The summed E-state index contributed by atoms with van der Waals surface area (Å²) in [7, 11) is 4.87. The summed E-state index contributed by atoms with van der Waals surface area (Å²) >= 11 is 1.68. The average Bonchev–Trinajstić information content (AvgIpc) is 3.01. The minimum atomic E-state index is 0.641. The largest absolute Gasteiger partial charge is 0.496 e. The van der Waals surface area contributed by atoms with Gasteiger partial charge in [-0.15, -0.1) is 11.3 Å². The van der Waals surface area contributed by atoms with E-state index >= 15 is 0 Å². The van der Waals surface area contributed by atoms with Crippen molar-refractivity contribution < 1.29 is 14.2 Å². The molecule has 4 nitrogen and oxygen atoms in total. The van der Waals surface area contributed by atoms with Crippen LogP contribution in [0.5, 0.6) is 17.2 Å². The lowest BCUT2D eigenvalue weighted by molar-refractivity contribution is 0.348. The number of fused-ring (bicyclic) bond motifs is 1. The van der Waals surface area contributed by atoms with Gasteiger partial charge in [0.2, 0.25) is 0 Å². The molecule has 0 fully saturated rings. The van der Waals surface area contributed by atoms with Crippen molar-refractivity contribution in [1.29, 1.82) is 0 Å². The summed E-state index contributed by atoms with van der Waals surface area (Å²) in [6.07, 6.45) is 3.98. The van der Waals surface area contributed by atoms with Crippen LogP contribution in [0.4, 0.5) is 0 Å². The van der Waals surface area contributed by atoms with Crippen molar-refractivity contribution in [3.8, 4) is 17.2 Å². The Labute approximate surface area is 151 Å². The van der Waals surface area contributed by atoms with Gasteiger partial charge in [-0.1, -0.05) is 0 Å². The molecule has 0 aliphatic rings. The molecular weight excluding hydrogens is 334 g/mol. The van der Waals surface area contributed by atoms with E-state index in [0.29, 0.717) is 11.5 Å². The number of thiazole rings is 1. The van der Waals surface area contributed by atoms with E-state index in [0.717, 1.165) is 21.8 Å². The van der Waals surface area contributed by atoms with Crippen LogP contribution >= 0.6 is 11.3 Å². The fourth-order valence-corrected chi connectivity index (χ4v) is 3.56. The highest BCUT2D eigenvalue weighted by molar-refractivity contribution is 7.19. The number of hydrogen-bond acceptors (Lipinski definition) is 5. The smallest absolute Gasteiger partial charge is 0.164 e. The van der Waals surface area contributed by atoms with Gasteiger partial charge in [-0.2, -0.15) is 0 Å². The Morgan fingerprint density at radius 3 is 2.12 bits per heavy atom. The molecule has 25 heavy (non-hydrogen) atoms. The first kappa shape index (κ1) is 17.3. The molecule has 0 N–H and O–H groups in total. The lowest BCUT2D eigenvalue weighted by Crippen LogP contribution is -1.94. The fourth-order valence-electron chi connectivity index (χ4n) is 2.61. The highest BCUT2D eigenvalue weighted by Crippen LogP contribution is 2.36. The summed E-state index contributed by atoms with van der Waals surface area (Å²) < 4.78 is 17.4. The number of aromatic nitrogens is 1. The van der Waals surface area contributed by atoms with E-state index in [-0.39, 0.29) is 0 Å². The minimum Gasteiger partial charge on any atom is -0.496 e. The molecule has 0 bridgehead atoms. The SMILES string of the molecule is COc1cc(OC)c(OC)cc1/C=C/c1nc2cc(C)c(C)cc2s1. The van der Waals surface area contributed by atoms with Crippen molar-refractivity contribution in [3.63, 3.8) is 0 Å². The second-order valence-electron chi connectivity index (χ2n) is 5.74. The Balaban J connectivity index is 1.98. The zero-order chi connectivity index (χ0) is 18.0. The van der Waals surface area contributed by atoms with Gasteiger partial charge < -0.3 is 14.2 Å². The molecule has 0 radical (unpaired) electrons. The van der Waals surface area contributed by atoms with Gasteiger partial charge in [0.05, 0.1) is 31.5 Å². The third-order valence-electron chi connectivity index (χ3n) is 4.16. The van der Waals surface area contributed by atoms with Gasteiger partial charge in [0, 0.05) is 11.6 Å². The number of benzene rings is 2. The monoisotopic (exact) mass is 355 g/mol. The van der Waals surface area contributed by atoms with Gasteiger partial charge in [-0.3, -0.25) is 0 Å². The molecule has 1 heterocycles. The van der Waals surface area contributed by atoms with Crippen LogP contribution in [0.15, 0.2) is 24.3 Å². The maximum atomic E-state index is 5.46. The Hall–Kier alpha value is -2.53. The maximum absolute atomic E-state index is 5.46. The summed E-state index contributed by atoms with van der Waals surface area (Å²) in [6, 6.07) is 8.05. The molecule has 130 valence electrons. The fraction of sp³-hybridized carbons (Fsp3) is 0.250. The second-order valence-corrected chi connectivity index (χ2v) is 6.80. The van der Waals surface area contributed by atoms with Crippen LogP contribution in [0.25, 0.3) is 22.4 Å². The quantitative estimate of drug-likeness (QED) is 0.638. The van der Waals surface area contributed by atoms with E-state index in [1.54, 1.807) is 32.7 Å². The van der Waals surface area contributed by atoms with Crippen molar-refractivity contribution in [2.24, 2.45) is 0 Å². The standard InChI is InChI=1S/C20H21NO3S/c1-12-8-15-19(9-13(12)2)25-20(21-15)7-6-14-10-17(23-4)18(24-5)11-16(14)22-3/h6-11H,1-5H3/b7-6+. The number of ether oxygens (including phenoxy) is 3. The molecular formula is C20H21NO3S. The van der Waals surface area contributed by atoms with E-state index < -0.39 is 0 Å². The summed E-state index contributed by atoms with van der Waals surface area (Å²) in [6.45, 7) is 4.23. The van der Waals surface area contributed by atoms with Crippen molar-refractivity contribution in [1.82, 2.24) is 4.98 Å². The lowest BCUT2D eigenvalue weighted by atomic mass is 10.1. The van der Waals surface area contributed by atoms with Gasteiger partial charge in [-0.05, 0) is 55.3 Å². The van der Waals surface area contributed by atoms with Crippen LogP contribution in [-0.4, -0.2) is 26.3 Å². The van der Waals surface area contributed by atoms with Crippen LogP contribution in [0.3, 0.4) is 0 Å². The van der Waals surface area contributed by atoms with Gasteiger partial charge in [-0.25, -0.2) is 4.98 Å². The molecule has 0 unspecified atom stereocenters. The van der Waals surface area contributed by atoms with E-state index in [4.69, 9.17) is 19.2 Å². The second kappa shape index (κ2) is 7.15. The first-order valence-corrected chi connectivity index (χ1v) is 8.73. The van der Waals surface area contributed by atoms with Crippen LogP contribution < -0.4 is 14.2 Å². The summed E-state index contributed by atoms with van der Waals surface area (Å²) in [5.41, 5.74) is 4.49. The van der Waals surface area contributed by atoms with Gasteiger partial charge >= 0.3 is 0 Å². The summed E-state index contributed by atoms with van der Waals surface area (Å²) in [4.78, 5) is 4.70. The first-order chi connectivity index (χ1) is 12.0. The number of rotatable bonds is 5. The average molecular weight is 355 g/mol. The Bertz CT molecular complexity index is 905. The molecule has 1 aromatic heterocycles. The first-order valence-electron chi connectivity index (χ1n) is 7.91. The van der Waals surface area contributed by atoms with Crippen molar-refractivity contribution >= 4 is 33.7 Å². The molecule has 0 amide bonds. The van der Waals surface area contributed by atoms with Crippen molar-refractivity contribution in [2.75, 3.05) is 21.3 Å². The molecule has 0 atom stereocenters. The normalized spacial score (nSPS) is 11.2. The van der Waals surface area contributed by atoms with Crippen LogP contribution in [-0.2, 0) is 0 Å². The zero-order valence-electron chi connectivity index (χ0n) is 15.0. The lowest BCUT2D eigenvalue weighted by Gasteiger charge is -2.11. The minimum absolute atomic E-state index is 0.641. The van der Waals surface area contributed by atoms with Crippen LogP contribution in [0.1, 0.15) is 21.7 Å². The number of hydrogen-bond donors (Lipinski definition) is 0. The van der Waals surface area contributed by atoms with E-state index in [1.165, 1.54) is 15.8 Å². The molecule has 0 aliphatic carbocycles. The molecule has 0 spiro atoms.